The van der Waals surface area contributed by atoms with Crippen LogP contribution < -0.4 is 4.74 Å². The fourth-order valence-corrected chi connectivity index (χ4v) is 1.84. The van der Waals surface area contributed by atoms with Gasteiger partial charge in [-0.15, -0.1) is 11.3 Å². The van der Waals surface area contributed by atoms with Gasteiger partial charge < -0.3 is 9.84 Å². The van der Waals surface area contributed by atoms with E-state index in [1.165, 1.54) is 0 Å². The minimum atomic E-state index is 0.243. The summed E-state index contributed by atoms with van der Waals surface area (Å²) in [6, 6.07) is 6.66. The molecule has 1 aromatic carbocycles. The minimum Gasteiger partial charge on any atom is -0.508 e. The Morgan fingerprint density at radius 3 is 2.67 bits per heavy atom. The summed E-state index contributed by atoms with van der Waals surface area (Å²) in [5.41, 5.74) is 1.02. The molecule has 0 saturated carbocycles. The Morgan fingerprint density at radius 2 is 2.07 bits per heavy atom. The summed E-state index contributed by atoms with van der Waals surface area (Å²) in [5, 5.41) is 12.0. The third kappa shape index (κ3) is 2.70. The normalized spacial score (nSPS) is 10.2. The summed E-state index contributed by atoms with van der Waals surface area (Å²) in [4.78, 5) is 4.29. The quantitative estimate of drug-likeness (QED) is 0.866. The van der Waals surface area contributed by atoms with Gasteiger partial charge in [0, 0.05) is 11.1 Å². The molecule has 0 unspecified atom stereocenters. The standard InChI is InChI=1S/C11H11NO2S/c1-8-7-15-11(12-8)6-14-10-4-2-9(13)3-5-10/h2-5,7,13H,6H2,1H3. The highest BCUT2D eigenvalue weighted by molar-refractivity contribution is 7.09. The Balaban J connectivity index is 1.96. The molecule has 2 aromatic rings. The lowest BCUT2D eigenvalue weighted by Crippen LogP contribution is -1.94. The largest absolute Gasteiger partial charge is 0.508 e. The molecule has 0 bridgehead atoms. The van der Waals surface area contributed by atoms with E-state index in [-0.39, 0.29) is 5.75 Å². The first kappa shape index (κ1) is 9.98. The minimum absolute atomic E-state index is 0.243. The van der Waals surface area contributed by atoms with Crippen LogP contribution >= 0.6 is 11.3 Å². The van der Waals surface area contributed by atoms with Crippen molar-refractivity contribution in [2.45, 2.75) is 13.5 Å². The highest BCUT2D eigenvalue weighted by atomic mass is 32.1. The average Bonchev–Trinajstić information content (AvgIpc) is 2.64. The van der Waals surface area contributed by atoms with Crippen LogP contribution in [-0.4, -0.2) is 10.1 Å². The number of nitrogens with zero attached hydrogens (tertiary/aromatic N) is 1. The molecule has 0 saturated heterocycles. The number of aromatic hydroxyl groups is 1. The van der Waals surface area contributed by atoms with Crippen molar-refractivity contribution < 1.29 is 9.84 Å². The zero-order chi connectivity index (χ0) is 10.7. The molecule has 0 spiro atoms. The fraction of sp³-hybridized carbons (Fsp3) is 0.182. The van der Waals surface area contributed by atoms with Gasteiger partial charge >= 0.3 is 0 Å². The molecule has 0 aliphatic heterocycles. The molecule has 3 nitrogen and oxygen atoms in total. The monoisotopic (exact) mass is 221 g/mol. The van der Waals surface area contributed by atoms with Crippen molar-refractivity contribution in [3.8, 4) is 11.5 Å². The van der Waals surface area contributed by atoms with E-state index in [9.17, 15) is 0 Å². The second kappa shape index (κ2) is 4.31. The van der Waals surface area contributed by atoms with E-state index in [0.29, 0.717) is 6.61 Å². The first-order valence-electron chi connectivity index (χ1n) is 4.57. The van der Waals surface area contributed by atoms with Crippen LogP contribution in [0.2, 0.25) is 0 Å². The van der Waals surface area contributed by atoms with Gasteiger partial charge in [-0.3, -0.25) is 0 Å². The first-order valence-corrected chi connectivity index (χ1v) is 5.45. The molecule has 78 valence electrons. The van der Waals surface area contributed by atoms with Crippen LogP contribution in [-0.2, 0) is 6.61 Å². The van der Waals surface area contributed by atoms with Gasteiger partial charge in [-0.1, -0.05) is 0 Å². The number of hydrogen-bond acceptors (Lipinski definition) is 4. The molecule has 0 atom stereocenters. The van der Waals surface area contributed by atoms with Crippen LogP contribution in [0.3, 0.4) is 0 Å². The van der Waals surface area contributed by atoms with E-state index in [4.69, 9.17) is 9.84 Å². The van der Waals surface area contributed by atoms with Crippen molar-refractivity contribution in [1.29, 1.82) is 0 Å². The van der Waals surface area contributed by atoms with E-state index >= 15 is 0 Å². The van der Waals surface area contributed by atoms with Gasteiger partial charge in [-0.05, 0) is 31.2 Å². The third-order valence-electron chi connectivity index (χ3n) is 1.87. The van der Waals surface area contributed by atoms with Crippen molar-refractivity contribution in [2.24, 2.45) is 0 Å². The van der Waals surface area contributed by atoms with Gasteiger partial charge in [-0.25, -0.2) is 4.98 Å². The zero-order valence-electron chi connectivity index (χ0n) is 8.30. The highest BCUT2D eigenvalue weighted by Gasteiger charge is 1.99. The number of thiazole rings is 1. The van der Waals surface area contributed by atoms with Crippen molar-refractivity contribution in [2.75, 3.05) is 0 Å². The van der Waals surface area contributed by atoms with E-state index in [1.807, 2.05) is 12.3 Å². The van der Waals surface area contributed by atoms with Crippen LogP contribution in [0.4, 0.5) is 0 Å². The smallest absolute Gasteiger partial charge is 0.140 e. The maximum atomic E-state index is 9.08. The Kier molecular flexibility index (Phi) is 2.87. The molecular weight excluding hydrogens is 210 g/mol. The van der Waals surface area contributed by atoms with Gasteiger partial charge in [0.1, 0.15) is 23.1 Å². The van der Waals surface area contributed by atoms with E-state index in [1.54, 1.807) is 35.6 Å². The maximum absolute atomic E-state index is 9.08. The maximum Gasteiger partial charge on any atom is 0.140 e. The first-order chi connectivity index (χ1) is 7.24. The summed E-state index contributed by atoms with van der Waals surface area (Å²) in [7, 11) is 0. The Hall–Kier alpha value is -1.55. The second-order valence-electron chi connectivity index (χ2n) is 3.17. The Morgan fingerprint density at radius 1 is 1.33 bits per heavy atom. The topological polar surface area (TPSA) is 42.4 Å². The van der Waals surface area contributed by atoms with Gasteiger partial charge in [-0.2, -0.15) is 0 Å². The molecule has 1 aromatic heterocycles. The molecule has 1 heterocycles. The zero-order valence-corrected chi connectivity index (χ0v) is 9.12. The number of benzene rings is 1. The Labute approximate surface area is 92.0 Å². The number of rotatable bonds is 3. The molecule has 0 amide bonds. The van der Waals surface area contributed by atoms with Crippen molar-refractivity contribution in [3.63, 3.8) is 0 Å². The Bertz CT molecular complexity index is 436. The SMILES string of the molecule is Cc1csc(COc2ccc(O)cc2)n1. The van der Waals surface area contributed by atoms with Crippen molar-refractivity contribution in [3.05, 3.63) is 40.3 Å². The summed E-state index contributed by atoms with van der Waals surface area (Å²) in [6.45, 7) is 2.43. The summed E-state index contributed by atoms with van der Waals surface area (Å²) in [6.07, 6.45) is 0. The number of aromatic nitrogens is 1. The van der Waals surface area contributed by atoms with Crippen molar-refractivity contribution >= 4 is 11.3 Å². The van der Waals surface area contributed by atoms with Gasteiger partial charge in [0.2, 0.25) is 0 Å². The molecule has 0 aliphatic carbocycles. The summed E-state index contributed by atoms with van der Waals surface area (Å²) < 4.78 is 5.50. The van der Waals surface area contributed by atoms with Gasteiger partial charge in [0.15, 0.2) is 0 Å². The lowest BCUT2D eigenvalue weighted by Gasteiger charge is -2.03. The molecule has 0 aliphatic rings. The number of phenols is 1. The van der Waals surface area contributed by atoms with Gasteiger partial charge in [0.05, 0.1) is 0 Å². The molecule has 15 heavy (non-hydrogen) atoms. The van der Waals surface area contributed by atoms with Crippen molar-refractivity contribution in [1.82, 2.24) is 4.98 Å². The average molecular weight is 221 g/mol. The molecule has 4 heteroatoms. The van der Waals surface area contributed by atoms with Crippen LogP contribution in [0, 0.1) is 6.92 Å². The third-order valence-corrected chi connectivity index (χ3v) is 2.81. The lowest BCUT2D eigenvalue weighted by atomic mass is 10.3. The van der Waals surface area contributed by atoms with Crippen LogP contribution in [0.5, 0.6) is 11.5 Å². The number of hydrogen-bond donors (Lipinski definition) is 1. The molecule has 0 fully saturated rings. The summed E-state index contributed by atoms with van der Waals surface area (Å²) >= 11 is 1.59. The number of ether oxygens (including phenoxy) is 1. The van der Waals surface area contributed by atoms with Crippen LogP contribution in [0.25, 0.3) is 0 Å². The molecular formula is C11H11NO2S. The number of phenolic OH excluding ortho intramolecular Hbond substituents is 1. The highest BCUT2D eigenvalue weighted by Crippen LogP contribution is 2.18. The van der Waals surface area contributed by atoms with Crippen LogP contribution in [0.15, 0.2) is 29.6 Å². The van der Waals surface area contributed by atoms with E-state index < -0.39 is 0 Å². The molecule has 2 rings (SSSR count). The van der Waals surface area contributed by atoms with Crippen LogP contribution in [0.1, 0.15) is 10.7 Å². The molecule has 1 N–H and O–H groups in total. The summed E-state index contributed by atoms with van der Waals surface area (Å²) in [5.74, 6) is 0.980. The molecule has 0 radical (unpaired) electrons. The van der Waals surface area contributed by atoms with E-state index in [2.05, 4.69) is 4.98 Å². The second-order valence-corrected chi connectivity index (χ2v) is 4.11. The predicted octanol–water partition coefficient (Wildman–Crippen LogP) is 2.74. The lowest BCUT2D eigenvalue weighted by molar-refractivity contribution is 0.305. The number of aryl methyl sites for hydroxylation is 1. The fourth-order valence-electron chi connectivity index (χ4n) is 1.16. The van der Waals surface area contributed by atoms with E-state index in [0.717, 1.165) is 16.5 Å². The predicted molar refractivity (Wildman–Crippen MR) is 59.3 cm³/mol. The van der Waals surface area contributed by atoms with Gasteiger partial charge in [0.25, 0.3) is 0 Å².